The molecule has 0 radical (unpaired) electrons. The fourth-order valence-corrected chi connectivity index (χ4v) is 2.97. The summed E-state index contributed by atoms with van der Waals surface area (Å²) in [5.41, 5.74) is 0.945. The number of furan rings is 1. The Morgan fingerprint density at radius 2 is 1.73 bits per heavy atom. The van der Waals surface area contributed by atoms with Crippen LogP contribution < -0.4 is 5.63 Å². The lowest BCUT2D eigenvalue weighted by atomic mass is 10.1. The fraction of sp³-hybridized carbons (Fsp3) is 0.0556. The molecule has 2 aromatic heterocycles. The van der Waals surface area contributed by atoms with Crippen molar-refractivity contribution in [2.24, 2.45) is 0 Å². The summed E-state index contributed by atoms with van der Waals surface area (Å²) in [6.07, 6.45) is 0. The average Bonchev–Trinajstić information content (AvgIpc) is 2.88. The van der Waals surface area contributed by atoms with Gasteiger partial charge in [0.25, 0.3) is 0 Å². The van der Waals surface area contributed by atoms with Crippen LogP contribution in [0.2, 0.25) is 5.02 Å². The number of rotatable bonds is 1. The van der Waals surface area contributed by atoms with Gasteiger partial charge >= 0.3 is 5.63 Å². The second-order valence-electron chi connectivity index (χ2n) is 5.13. The van der Waals surface area contributed by atoms with Crippen LogP contribution in [0.1, 0.15) is 5.76 Å². The molecule has 0 saturated heterocycles. The van der Waals surface area contributed by atoms with E-state index in [0.29, 0.717) is 27.5 Å². The first kappa shape index (κ1) is 13.2. The highest BCUT2D eigenvalue weighted by molar-refractivity contribution is 6.31. The van der Waals surface area contributed by atoms with E-state index in [-0.39, 0.29) is 0 Å². The van der Waals surface area contributed by atoms with Gasteiger partial charge in [0.15, 0.2) is 0 Å². The third-order valence-corrected chi connectivity index (χ3v) is 3.97. The van der Waals surface area contributed by atoms with E-state index in [0.717, 1.165) is 16.3 Å². The summed E-state index contributed by atoms with van der Waals surface area (Å²) in [7, 11) is 0. The van der Waals surface area contributed by atoms with E-state index in [1.807, 2.05) is 37.3 Å². The maximum absolute atomic E-state index is 12.4. The Morgan fingerprint density at radius 3 is 2.50 bits per heavy atom. The first-order valence-corrected chi connectivity index (χ1v) is 7.24. The van der Waals surface area contributed by atoms with Gasteiger partial charge in [0.05, 0.1) is 0 Å². The lowest BCUT2D eigenvalue weighted by Gasteiger charge is -2.00. The van der Waals surface area contributed by atoms with Crippen LogP contribution in [-0.4, -0.2) is 0 Å². The molecule has 0 aliphatic heterocycles. The van der Waals surface area contributed by atoms with Crippen LogP contribution in [0.25, 0.3) is 33.1 Å². The standard InChI is InChI=1S/C18H11ClO3/c1-10-15-13-9-12(19)7-8-14(13)22-18(20)16(15)17(21-10)11-5-3-2-4-6-11/h2-9H,1H3. The largest absolute Gasteiger partial charge is 0.460 e. The molecule has 0 aliphatic carbocycles. The first-order valence-electron chi connectivity index (χ1n) is 6.86. The molecule has 0 saturated carbocycles. The minimum absolute atomic E-state index is 0.402. The number of benzene rings is 2. The van der Waals surface area contributed by atoms with Crippen molar-refractivity contribution in [1.82, 2.24) is 0 Å². The number of fused-ring (bicyclic) bond motifs is 3. The molecule has 0 N–H and O–H groups in total. The van der Waals surface area contributed by atoms with Gasteiger partial charge in [-0.2, -0.15) is 0 Å². The normalized spacial score (nSPS) is 11.4. The molecule has 108 valence electrons. The highest BCUT2D eigenvalue weighted by Gasteiger charge is 2.19. The summed E-state index contributed by atoms with van der Waals surface area (Å²) in [6, 6.07) is 14.7. The van der Waals surface area contributed by atoms with Crippen LogP contribution >= 0.6 is 11.6 Å². The summed E-state index contributed by atoms with van der Waals surface area (Å²) >= 11 is 6.08. The van der Waals surface area contributed by atoms with Crippen LogP contribution in [0, 0.1) is 6.92 Å². The van der Waals surface area contributed by atoms with E-state index >= 15 is 0 Å². The molecule has 0 atom stereocenters. The summed E-state index contributed by atoms with van der Waals surface area (Å²) < 4.78 is 11.3. The Balaban J connectivity index is 2.21. The molecule has 22 heavy (non-hydrogen) atoms. The van der Waals surface area contributed by atoms with Gasteiger partial charge in [0.2, 0.25) is 0 Å². The van der Waals surface area contributed by atoms with Gasteiger partial charge in [-0.25, -0.2) is 4.79 Å². The van der Waals surface area contributed by atoms with Crippen molar-refractivity contribution in [2.45, 2.75) is 6.92 Å². The molecule has 4 aromatic rings. The molecular weight excluding hydrogens is 300 g/mol. The second kappa shape index (κ2) is 4.75. The van der Waals surface area contributed by atoms with Crippen LogP contribution in [0.15, 0.2) is 62.2 Å². The van der Waals surface area contributed by atoms with E-state index in [2.05, 4.69) is 0 Å². The molecular formula is C18H11ClO3. The van der Waals surface area contributed by atoms with Crippen molar-refractivity contribution in [2.75, 3.05) is 0 Å². The minimum atomic E-state index is -0.402. The van der Waals surface area contributed by atoms with Crippen LogP contribution in [-0.2, 0) is 0 Å². The molecule has 0 unspecified atom stereocenters. The van der Waals surface area contributed by atoms with Gasteiger partial charge < -0.3 is 8.83 Å². The van der Waals surface area contributed by atoms with Crippen LogP contribution in [0.3, 0.4) is 0 Å². The van der Waals surface area contributed by atoms with Crippen LogP contribution in [0.5, 0.6) is 0 Å². The molecule has 0 fully saturated rings. The summed E-state index contributed by atoms with van der Waals surface area (Å²) in [5, 5.41) is 2.58. The molecule has 0 aliphatic rings. The smallest absolute Gasteiger partial charge is 0.348 e. The summed E-state index contributed by atoms with van der Waals surface area (Å²) in [4.78, 5) is 12.4. The molecule has 4 rings (SSSR count). The van der Waals surface area contributed by atoms with Crippen molar-refractivity contribution in [3.63, 3.8) is 0 Å². The lowest BCUT2D eigenvalue weighted by Crippen LogP contribution is -1.99. The zero-order valence-corrected chi connectivity index (χ0v) is 12.5. The minimum Gasteiger partial charge on any atom is -0.460 e. The number of hydrogen-bond donors (Lipinski definition) is 0. The zero-order valence-electron chi connectivity index (χ0n) is 11.7. The number of hydrogen-bond acceptors (Lipinski definition) is 3. The first-order chi connectivity index (χ1) is 10.6. The topological polar surface area (TPSA) is 43.4 Å². The Morgan fingerprint density at radius 1 is 0.955 bits per heavy atom. The van der Waals surface area contributed by atoms with Crippen LogP contribution in [0.4, 0.5) is 0 Å². The van der Waals surface area contributed by atoms with Gasteiger partial charge in [-0.1, -0.05) is 41.9 Å². The average molecular weight is 311 g/mol. The molecule has 2 aromatic carbocycles. The fourth-order valence-electron chi connectivity index (χ4n) is 2.79. The Bertz CT molecular complexity index is 1060. The number of halogens is 1. The van der Waals surface area contributed by atoms with E-state index in [4.69, 9.17) is 20.4 Å². The molecule has 2 heterocycles. The van der Waals surface area contributed by atoms with Gasteiger partial charge in [-0.15, -0.1) is 0 Å². The third kappa shape index (κ3) is 1.86. The predicted octanol–water partition coefficient (Wildman–Crippen LogP) is 5.17. The van der Waals surface area contributed by atoms with Crippen molar-refractivity contribution >= 4 is 33.3 Å². The van der Waals surface area contributed by atoms with Crippen molar-refractivity contribution in [3.8, 4) is 11.3 Å². The van der Waals surface area contributed by atoms with E-state index in [9.17, 15) is 4.79 Å². The Labute approximate surface area is 130 Å². The van der Waals surface area contributed by atoms with E-state index < -0.39 is 5.63 Å². The highest BCUT2D eigenvalue weighted by Crippen LogP contribution is 2.36. The lowest BCUT2D eigenvalue weighted by molar-refractivity contribution is 0.550. The quantitative estimate of drug-likeness (QED) is 0.456. The second-order valence-corrected chi connectivity index (χ2v) is 5.57. The van der Waals surface area contributed by atoms with E-state index in [1.165, 1.54) is 0 Å². The maximum atomic E-state index is 12.4. The van der Waals surface area contributed by atoms with Crippen molar-refractivity contribution in [1.29, 1.82) is 0 Å². The Hall–Kier alpha value is -2.52. The molecule has 0 bridgehead atoms. The molecule has 0 amide bonds. The van der Waals surface area contributed by atoms with Gasteiger partial charge in [0, 0.05) is 21.4 Å². The van der Waals surface area contributed by atoms with Gasteiger partial charge in [0.1, 0.15) is 22.5 Å². The monoisotopic (exact) mass is 310 g/mol. The van der Waals surface area contributed by atoms with Crippen molar-refractivity contribution in [3.05, 3.63) is 69.7 Å². The Kier molecular flexibility index (Phi) is 2.84. The number of aryl methyl sites for hydroxylation is 1. The molecule has 4 heteroatoms. The highest BCUT2D eigenvalue weighted by atomic mass is 35.5. The van der Waals surface area contributed by atoms with E-state index in [1.54, 1.807) is 18.2 Å². The maximum Gasteiger partial charge on any atom is 0.348 e. The summed E-state index contributed by atoms with van der Waals surface area (Å²) in [6.45, 7) is 1.84. The third-order valence-electron chi connectivity index (χ3n) is 3.74. The van der Waals surface area contributed by atoms with Crippen molar-refractivity contribution < 1.29 is 8.83 Å². The predicted molar refractivity (Wildman–Crippen MR) is 87.4 cm³/mol. The zero-order chi connectivity index (χ0) is 15.3. The van der Waals surface area contributed by atoms with Gasteiger partial charge in [-0.3, -0.25) is 0 Å². The van der Waals surface area contributed by atoms with Gasteiger partial charge in [-0.05, 0) is 25.1 Å². The molecule has 0 spiro atoms. The molecule has 3 nitrogen and oxygen atoms in total. The summed E-state index contributed by atoms with van der Waals surface area (Å²) in [5.74, 6) is 1.21. The SMILES string of the molecule is Cc1oc(-c2ccccc2)c2c(=O)oc3ccc(Cl)cc3c12.